The van der Waals surface area contributed by atoms with Crippen LogP contribution in [-0.2, 0) is 0 Å². The fraction of sp³-hybridized carbons (Fsp3) is 0.368. The zero-order valence-corrected chi connectivity index (χ0v) is 15.3. The lowest BCUT2D eigenvalue weighted by Crippen LogP contribution is -2.36. The Morgan fingerprint density at radius 1 is 1.30 bits per heavy atom. The van der Waals surface area contributed by atoms with E-state index in [-0.39, 0.29) is 11.7 Å². The van der Waals surface area contributed by atoms with Gasteiger partial charge in [0.2, 0.25) is 17.7 Å². The first kappa shape index (κ1) is 17.3. The second-order valence-electron chi connectivity index (χ2n) is 6.71. The highest BCUT2D eigenvalue weighted by atomic mass is 16.5. The van der Waals surface area contributed by atoms with Crippen molar-refractivity contribution in [2.45, 2.75) is 32.6 Å². The molecular formula is C19H20N6O2. The molecule has 0 bridgehead atoms. The number of hydrogen-bond donors (Lipinski definition) is 0. The predicted molar refractivity (Wildman–Crippen MR) is 98.5 cm³/mol. The largest absolute Gasteiger partial charge is 0.340 e. The normalized spacial score (nSPS) is 17.1. The van der Waals surface area contributed by atoms with Crippen molar-refractivity contribution >= 4 is 11.7 Å². The SMILES string of the molecule is CC(=O)c1cnc(N2CCC[C@@H](c3nc(-c4cccnc4)no3)C2)nc1C. The molecule has 0 spiro atoms. The maximum atomic E-state index is 11.6. The van der Waals surface area contributed by atoms with Crippen LogP contribution in [0.2, 0.25) is 0 Å². The number of carbonyl (C=O) groups excluding carboxylic acids is 1. The molecule has 1 aliphatic rings. The fourth-order valence-electron chi connectivity index (χ4n) is 3.33. The quantitative estimate of drug-likeness (QED) is 0.652. The lowest BCUT2D eigenvalue weighted by atomic mass is 9.98. The molecule has 0 radical (unpaired) electrons. The molecular weight excluding hydrogens is 344 g/mol. The molecule has 138 valence electrons. The monoisotopic (exact) mass is 364 g/mol. The summed E-state index contributed by atoms with van der Waals surface area (Å²) in [7, 11) is 0. The van der Waals surface area contributed by atoms with Gasteiger partial charge in [-0.3, -0.25) is 9.78 Å². The van der Waals surface area contributed by atoms with Crippen LogP contribution < -0.4 is 4.90 Å². The minimum Gasteiger partial charge on any atom is -0.340 e. The summed E-state index contributed by atoms with van der Waals surface area (Å²) < 4.78 is 5.52. The molecule has 0 unspecified atom stereocenters. The summed E-state index contributed by atoms with van der Waals surface area (Å²) in [6, 6.07) is 3.75. The number of pyridine rings is 1. The Morgan fingerprint density at radius 3 is 2.93 bits per heavy atom. The van der Waals surface area contributed by atoms with Crippen LogP contribution in [0.5, 0.6) is 0 Å². The highest BCUT2D eigenvalue weighted by Crippen LogP contribution is 2.29. The van der Waals surface area contributed by atoms with E-state index in [2.05, 4.69) is 30.0 Å². The van der Waals surface area contributed by atoms with E-state index in [1.807, 2.05) is 19.1 Å². The number of rotatable bonds is 4. The van der Waals surface area contributed by atoms with Gasteiger partial charge in [0.05, 0.1) is 17.2 Å². The first-order chi connectivity index (χ1) is 13.1. The fourth-order valence-corrected chi connectivity index (χ4v) is 3.33. The van der Waals surface area contributed by atoms with Crippen molar-refractivity contribution in [2.24, 2.45) is 0 Å². The molecule has 3 aromatic heterocycles. The molecule has 4 rings (SSSR count). The zero-order valence-electron chi connectivity index (χ0n) is 15.3. The van der Waals surface area contributed by atoms with Crippen molar-refractivity contribution in [3.63, 3.8) is 0 Å². The number of anilines is 1. The molecule has 3 aromatic rings. The molecule has 4 heterocycles. The van der Waals surface area contributed by atoms with Gasteiger partial charge >= 0.3 is 0 Å². The van der Waals surface area contributed by atoms with E-state index in [4.69, 9.17) is 4.52 Å². The minimum atomic E-state index is -0.0237. The van der Waals surface area contributed by atoms with Crippen LogP contribution in [0.15, 0.2) is 35.2 Å². The molecule has 0 N–H and O–H groups in total. The van der Waals surface area contributed by atoms with Crippen LogP contribution in [0.25, 0.3) is 11.4 Å². The third-order valence-corrected chi connectivity index (χ3v) is 4.76. The first-order valence-corrected chi connectivity index (χ1v) is 8.95. The number of piperidine rings is 1. The van der Waals surface area contributed by atoms with Gasteiger partial charge < -0.3 is 9.42 Å². The summed E-state index contributed by atoms with van der Waals surface area (Å²) in [6.45, 7) is 4.92. The Hall–Kier alpha value is -3.16. The maximum Gasteiger partial charge on any atom is 0.231 e. The van der Waals surface area contributed by atoms with Crippen molar-refractivity contribution in [3.05, 3.63) is 47.9 Å². The van der Waals surface area contributed by atoms with Crippen molar-refractivity contribution in [3.8, 4) is 11.4 Å². The Bertz CT molecular complexity index is 956. The first-order valence-electron chi connectivity index (χ1n) is 8.95. The topological polar surface area (TPSA) is 97.9 Å². The smallest absolute Gasteiger partial charge is 0.231 e. The number of aryl methyl sites for hydroxylation is 1. The number of Topliss-reactive ketones (excluding diaryl/α,β-unsaturated/α-hetero) is 1. The molecule has 8 heteroatoms. The van der Waals surface area contributed by atoms with Crippen LogP contribution in [0.1, 0.15) is 47.6 Å². The minimum absolute atomic E-state index is 0.0237. The molecule has 0 amide bonds. The summed E-state index contributed by atoms with van der Waals surface area (Å²) in [6.07, 6.45) is 6.98. The number of nitrogens with zero attached hydrogens (tertiary/aromatic N) is 6. The van der Waals surface area contributed by atoms with Crippen LogP contribution in [0, 0.1) is 6.92 Å². The van der Waals surface area contributed by atoms with Crippen molar-refractivity contribution < 1.29 is 9.32 Å². The standard InChI is InChI=1S/C19H20N6O2/c1-12-16(13(2)26)10-21-19(22-12)25-8-4-6-15(11-25)18-23-17(24-27-18)14-5-3-7-20-9-14/h3,5,7,9-10,15H,4,6,8,11H2,1-2H3/t15-/m1/s1. The average molecular weight is 364 g/mol. The summed E-state index contributed by atoms with van der Waals surface area (Å²) in [4.78, 5) is 31.2. The van der Waals surface area contributed by atoms with Gasteiger partial charge in [0, 0.05) is 37.2 Å². The van der Waals surface area contributed by atoms with E-state index in [1.54, 1.807) is 18.6 Å². The van der Waals surface area contributed by atoms with Gasteiger partial charge in [-0.05, 0) is 38.8 Å². The summed E-state index contributed by atoms with van der Waals surface area (Å²) in [5, 5.41) is 4.09. The lowest BCUT2D eigenvalue weighted by molar-refractivity contribution is 0.101. The molecule has 1 aliphatic heterocycles. The van der Waals surface area contributed by atoms with Crippen LogP contribution >= 0.6 is 0 Å². The molecule has 1 fully saturated rings. The highest BCUT2D eigenvalue weighted by molar-refractivity contribution is 5.94. The van der Waals surface area contributed by atoms with Crippen molar-refractivity contribution in [2.75, 3.05) is 18.0 Å². The number of aromatic nitrogens is 5. The lowest BCUT2D eigenvalue weighted by Gasteiger charge is -2.31. The average Bonchev–Trinajstić information content (AvgIpc) is 3.19. The van der Waals surface area contributed by atoms with E-state index in [0.29, 0.717) is 35.5 Å². The summed E-state index contributed by atoms with van der Waals surface area (Å²) in [5.74, 6) is 1.90. The van der Waals surface area contributed by atoms with Crippen molar-refractivity contribution in [1.82, 2.24) is 25.1 Å². The number of carbonyl (C=O) groups is 1. The van der Waals surface area contributed by atoms with E-state index in [9.17, 15) is 4.79 Å². The van der Waals surface area contributed by atoms with Crippen LogP contribution in [-0.4, -0.2) is 44.0 Å². The van der Waals surface area contributed by atoms with Gasteiger partial charge in [-0.2, -0.15) is 4.98 Å². The number of hydrogen-bond acceptors (Lipinski definition) is 8. The van der Waals surface area contributed by atoms with Gasteiger partial charge in [-0.25, -0.2) is 9.97 Å². The van der Waals surface area contributed by atoms with Gasteiger partial charge in [-0.15, -0.1) is 0 Å². The predicted octanol–water partition coefficient (Wildman–Crippen LogP) is 2.82. The molecule has 0 saturated carbocycles. The maximum absolute atomic E-state index is 11.6. The van der Waals surface area contributed by atoms with Crippen molar-refractivity contribution in [1.29, 1.82) is 0 Å². The molecule has 1 saturated heterocycles. The van der Waals surface area contributed by atoms with Gasteiger partial charge in [-0.1, -0.05) is 5.16 Å². The molecule has 1 atom stereocenters. The molecule has 8 nitrogen and oxygen atoms in total. The Labute approximate surface area is 156 Å². The summed E-state index contributed by atoms with van der Waals surface area (Å²) >= 11 is 0. The zero-order chi connectivity index (χ0) is 18.8. The van der Waals surface area contributed by atoms with E-state index >= 15 is 0 Å². The van der Waals surface area contributed by atoms with Gasteiger partial charge in [0.25, 0.3) is 0 Å². The Morgan fingerprint density at radius 2 is 2.19 bits per heavy atom. The highest BCUT2D eigenvalue weighted by Gasteiger charge is 2.28. The summed E-state index contributed by atoms with van der Waals surface area (Å²) in [5.41, 5.74) is 2.09. The second-order valence-corrected chi connectivity index (χ2v) is 6.71. The Kier molecular flexibility index (Phi) is 4.62. The second kappa shape index (κ2) is 7.22. The van der Waals surface area contributed by atoms with E-state index in [0.717, 1.165) is 24.9 Å². The van der Waals surface area contributed by atoms with E-state index < -0.39 is 0 Å². The molecule has 27 heavy (non-hydrogen) atoms. The van der Waals surface area contributed by atoms with Crippen LogP contribution in [0.4, 0.5) is 5.95 Å². The molecule has 0 aromatic carbocycles. The number of ketones is 1. The van der Waals surface area contributed by atoms with Gasteiger partial charge in [0.15, 0.2) is 5.78 Å². The Balaban J connectivity index is 1.53. The van der Waals surface area contributed by atoms with Gasteiger partial charge in [0.1, 0.15) is 0 Å². The molecule has 0 aliphatic carbocycles. The third-order valence-electron chi connectivity index (χ3n) is 4.76. The van der Waals surface area contributed by atoms with Crippen LogP contribution in [0.3, 0.4) is 0 Å². The third kappa shape index (κ3) is 3.55. The van der Waals surface area contributed by atoms with E-state index in [1.165, 1.54) is 6.92 Å².